The van der Waals surface area contributed by atoms with Gasteiger partial charge in [0.1, 0.15) is 0 Å². The van der Waals surface area contributed by atoms with E-state index in [0.717, 1.165) is 12.8 Å². The molecular formula is C9H18ClNO2S. The van der Waals surface area contributed by atoms with Gasteiger partial charge in [-0.15, -0.1) is 11.6 Å². The lowest BCUT2D eigenvalue weighted by Gasteiger charge is -2.19. The highest BCUT2D eigenvalue weighted by atomic mass is 35.5. The molecule has 1 unspecified atom stereocenters. The highest BCUT2D eigenvalue weighted by Gasteiger charge is 2.24. The van der Waals surface area contributed by atoms with E-state index in [-0.39, 0.29) is 17.7 Å². The zero-order chi connectivity index (χ0) is 10.6. The van der Waals surface area contributed by atoms with E-state index in [4.69, 9.17) is 11.6 Å². The second-order valence-corrected chi connectivity index (χ2v) is 6.21. The van der Waals surface area contributed by atoms with Crippen LogP contribution in [-0.2, 0) is 10.0 Å². The highest BCUT2D eigenvalue weighted by Crippen LogP contribution is 2.27. The van der Waals surface area contributed by atoms with Crippen LogP contribution in [0.2, 0.25) is 0 Å². The van der Waals surface area contributed by atoms with Crippen LogP contribution in [0, 0.1) is 5.92 Å². The van der Waals surface area contributed by atoms with Crippen LogP contribution in [0.3, 0.4) is 0 Å². The summed E-state index contributed by atoms with van der Waals surface area (Å²) in [4.78, 5) is 0. The summed E-state index contributed by atoms with van der Waals surface area (Å²) in [6.45, 7) is 1.95. The minimum atomic E-state index is -3.15. The first-order chi connectivity index (χ1) is 6.55. The number of halogens is 1. The van der Waals surface area contributed by atoms with Crippen molar-refractivity contribution in [2.75, 3.05) is 11.6 Å². The summed E-state index contributed by atoms with van der Waals surface area (Å²) < 4.78 is 25.5. The molecule has 0 aromatic rings. The van der Waals surface area contributed by atoms with Crippen molar-refractivity contribution in [3.05, 3.63) is 0 Å². The van der Waals surface area contributed by atoms with Crippen LogP contribution >= 0.6 is 11.6 Å². The summed E-state index contributed by atoms with van der Waals surface area (Å²) in [5.74, 6) is 0.693. The van der Waals surface area contributed by atoms with Gasteiger partial charge in [0, 0.05) is 11.9 Å². The molecule has 1 fully saturated rings. The topological polar surface area (TPSA) is 46.2 Å². The SMILES string of the molecule is CC(NS(=O)(=O)CCCl)C1CCCC1. The minimum absolute atomic E-state index is 0.0195. The number of sulfonamides is 1. The molecule has 1 N–H and O–H groups in total. The molecule has 0 heterocycles. The van der Waals surface area contributed by atoms with E-state index >= 15 is 0 Å². The van der Waals surface area contributed by atoms with E-state index in [0.29, 0.717) is 5.92 Å². The molecule has 0 aliphatic heterocycles. The van der Waals surface area contributed by atoms with Gasteiger partial charge in [-0.25, -0.2) is 13.1 Å². The van der Waals surface area contributed by atoms with E-state index in [9.17, 15) is 8.42 Å². The Morgan fingerprint density at radius 1 is 1.43 bits per heavy atom. The summed E-state index contributed by atoms with van der Waals surface area (Å²) in [6, 6.07) is 0.0608. The normalized spacial score (nSPS) is 21.3. The average molecular weight is 240 g/mol. The van der Waals surface area contributed by atoms with Crippen molar-refractivity contribution in [3.8, 4) is 0 Å². The maximum Gasteiger partial charge on any atom is 0.213 e. The molecule has 0 saturated heterocycles. The number of hydrogen-bond acceptors (Lipinski definition) is 2. The van der Waals surface area contributed by atoms with Gasteiger partial charge < -0.3 is 0 Å². The van der Waals surface area contributed by atoms with Crippen LogP contribution in [-0.4, -0.2) is 26.1 Å². The molecule has 3 nitrogen and oxygen atoms in total. The Morgan fingerprint density at radius 2 is 2.00 bits per heavy atom. The molecule has 0 amide bonds. The first-order valence-electron chi connectivity index (χ1n) is 5.11. The summed E-state index contributed by atoms with van der Waals surface area (Å²) in [5.41, 5.74) is 0. The Hall–Kier alpha value is 0.200. The third-order valence-corrected chi connectivity index (χ3v) is 4.70. The molecule has 0 bridgehead atoms. The molecule has 0 aromatic heterocycles. The van der Waals surface area contributed by atoms with Crippen molar-refractivity contribution in [2.24, 2.45) is 5.92 Å². The molecule has 0 spiro atoms. The molecule has 1 aliphatic carbocycles. The molecule has 0 radical (unpaired) electrons. The van der Waals surface area contributed by atoms with Gasteiger partial charge in [0.25, 0.3) is 0 Å². The van der Waals surface area contributed by atoms with Crippen LogP contribution in [0.1, 0.15) is 32.6 Å². The van der Waals surface area contributed by atoms with Gasteiger partial charge in [-0.3, -0.25) is 0 Å². The van der Waals surface area contributed by atoms with Gasteiger partial charge in [-0.05, 0) is 25.7 Å². The van der Waals surface area contributed by atoms with Gasteiger partial charge in [-0.2, -0.15) is 0 Å². The van der Waals surface area contributed by atoms with Crippen molar-refractivity contribution >= 4 is 21.6 Å². The molecule has 84 valence electrons. The summed E-state index contributed by atoms with van der Waals surface area (Å²) in [6.07, 6.45) is 4.74. The number of nitrogens with one attached hydrogen (secondary N) is 1. The van der Waals surface area contributed by atoms with E-state index < -0.39 is 10.0 Å². The maximum atomic E-state index is 11.4. The monoisotopic (exact) mass is 239 g/mol. The lowest BCUT2D eigenvalue weighted by atomic mass is 10.0. The molecule has 5 heteroatoms. The van der Waals surface area contributed by atoms with Crippen LogP contribution < -0.4 is 4.72 Å². The summed E-state index contributed by atoms with van der Waals surface area (Å²) in [5, 5.41) is 0. The lowest BCUT2D eigenvalue weighted by Crippen LogP contribution is -2.38. The minimum Gasteiger partial charge on any atom is -0.212 e. The fourth-order valence-corrected chi connectivity index (χ4v) is 3.69. The zero-order valence-electron chi connectivity index (χ0n) is 8.50. The van der Waals surface area contributed by atoms with Gasteiger partial charge in [0.05, 0.1) is 5.75 Å². The average Bonchev–Trinajstić information content (AvgIpc) is 2.53. The van der Waals surface area contributed by atoms with Gasteiger partial charge >= 0.3 is 0 Å². The first kappa shape index (κ1) is 12.3. The Morgan fingerprint density at radius 3 is 2.50 bits per heavy atom. The molecule has 1 aliphatic rings. The second-order valence-electron chi connectivity index (χ2n) is 3.96. The van der Waals surface area contributed by atoms with E-state index in [1.165, 1.54) is 12.8 Å². The Labute approximate surface area is 91.3 Å². The Kier molecular flexibility index (Phi) is 4.67. The predicted octanol–water partition coefficient (Wildman–Crippen LogP) is 1.72. The smallest absolute Gasteiger partial charge is 0.212 e. The van der Waals surface area contributed by atoms with E-state index in [1.807, 2.05) is 6.92 Å². The van der Waals surface area contributed by atoms with Crippen LogP contribution in [0.15, 0.2) is 0 Å². The Balaban J connectivity index is 2.42. The van der Waals surface area contributed by atoms with Crippen molar-refractivity contribution in [2.45, 2.75) is 38.6 Å². The van der Waals surface area contributed by atoms with Gasteiger partial charge in [0.15, 0.2) is 0 Å². The van der Waals surface area contributed by atoms with Crippen molar-refractivity contribution in [1.82, 2.24) is 4.72 Å². The molecule has 1 saturated carbocycles. The molecule has 14 heavy (non-hydrogen) atoms. The molecule has 0 aromatic carbocycles. The standard InChI is InChI=1S/C9H18ClNO2S/c1-8(9-4-2-3-5-9)11-14(12,13)7-6-10/h8-9,11H,2-7H2,1H3. The van der Waals surface area contributed by atoms with Gasteiger partial charge in [0.2, 0.25) is 10.0 Å². The number of alkyl halides is 1. The number of rotatable bonds is 5. The predicted molar refractivity (Wildman–Crippen MR) is 59.1 cm³/mol. The Bertz CT molecular complexity index is 260. The molecule has 1 atom stereocenters. The van der Waals surface area contributed by atoms with Crippen molar-refractivity contribution < 1.29 is 8.42 Å². The maximum absolute atomic E-state index is 11.4. The second kappa shape index (κ2) is 5.33. The van der Waals surface area contributed by atoms with E-state index in [1.54, 1.807) is 0 Å². The van der Waals surface area contributed by atoms with Crippen LogP contribution in [0.5, 0.6) is 0 Å². The zero-order valence-corrected chi connectivity index (χ0v) is 10.1. The molecular weight excluding hydrogens is 222 g/mol. The quantitative estimate of drug-likeness (QED) is 0.743. The summed E-state index contributed by atoms with van der Waals surface area (Å²) in [7, 11) is -3.15. The summed E-state index contributed by atoms with van der Waals surface area (Å²) >= 11 is 5.41. The van der Waals surface area contributed by atoms with Crippen LogP contribution in [0.25, 0.3) is 0 Å². The largest absolute Gasteiger partial charge is 0.213 e. The first-order valence-corrected chi connectivity index (χ1v) is 7.30. The van der Waals surface area contributed by atoms with Gasteiger partial charge in [-0.1, -0.05) is 12.8 Å². The third kappa shape index (κ3) is 3.75. The lowest BCUT2D eigenvalue weighted by molar-refractivity contribution is 0.424. The van der Waals surface area contributed by atoms with Crippen molar-refractivity contribution in [1.29, 1.82) is 0 Å². The van der Waals surface area contributed by atoms with Crippen molar-refractivity contribution in [3.63, 3.8) is 0 Å². The van der Waals surface area contributed by atoms with E-state index in [2.05, 4.69) is 4.72 Å². The number of hydrogen-bond donors (Lipinski definition) is 1. The van der Waals surface area contributed by atoms with Crippen LogP contribution in [0.4, 0.5) is 0 Å². The highest BCUT2D eigenvalue weighted by molar-refractivity contribution is 7.89. The third-order valence-electron chi connectivity index (χ3n) is 2.82. The fraction of sp³-hybridized carbons (Fsp3) is 1.00. The fourth-order valence-electron chi connectivity index (χ4n) is 2.00. The molecule has 1 rings (SSSR count).